The number of fused-ring (bicyclic) bond motifs is 1. The highest BCUT2D eigenvalue weighted by Gasteiger charge is 2.88. The fourth-order valence-corrected chi connectivity index (χ4v) is 3.61. The summed E-state index contributed by atoms with van der Waals surface area (Å²) in [5.74, 6) is 0. The van der Waals surface area contributed by atoms with Crippen molar-refractivity contribution in [2.24, 2.45) is 0 Å². The lowest BCUT2D eigenvalue weighted by Crippen LogP contribution is -2.90. The normalized spacial score (nSPS) is 69.5. The van der Waals surface area contributed by atoms with E-state index in [1.54, 1.807) is 0 Å². The van der Waals surface area contributed by atoms with Gasteiger partial charge in [0.2, 0.25) is 0 Å². The molecule has 0 nitrogen and oxygen atoms in total. The molecule has 4 unspecified atom stereocenters. The van der Waals surface area contributed by atoms with Gasteiger partial charge in [0.25, 0.3) is 0 Å². The van der Waals surface area contributed by atoms with Crippen molar-refractivity contribution in [3.8, 4) is 0 Å². The highest BCUT2D eigenvalue weighted by atomic mass is 79.9. The summed E-state index contributed by atoms with van der Waals surface area (Å²) in [4.78, 5) is 0. The topological polar surface area (TPSA) is 0 Å². The maximum absolute atomic E-state index is 12.8. The van der Waals surface area contributed by atoms with Crippen LogP contribution in [-0.2, 0) is 0 Å². The molecule has 4 atom stereocenters. The molecule has 2 aliphatic rings. The van der Waals surface area contributed by atoms with Gasteiger partial charge in [0, 0.05) is 0 Å². The van der Waals surface area contributed by atoms with Crippen molar-refractivity contribution in [1.82, 2.24) is 0 Å². The van der Waals surface area contributed by atoms with Crippen LogP contribution in [0.4, 0.5) is 17.6 Å². The second-order valence-electron chi connectivity index (χ2n) is 3.14. The molecule has 0 saturated heterocycles. The van der Waals surface area contributed by atoms with Gasteiger partial charge in [-0.3, -0.25) is 0 Å². The maximum atomic E-state index is 12.8. The third kappa shape index (κ3) is 0.576. The lowest BCUT2D eigenvalue weighted by atomic mass is 9.54. The van der Waals surface area contributed by atoms with Crippen molar-refractivity contribution in [1.29, 1.82) is 0 Å². The lowest BCUT2D eigenvalue weighted by molar-refractivity contribution is -0.168. The molecule has 12 heavy (non-hydrogen) atoms. The quantitative estimate of drug-likeness (QED) is 0.476. The van der Waals surface area contributed by atoms with E-state index >= 15 is 0 Å². The fraction of sp³-hybridized carbons (Fsp3) is 1.00. The van der Waals surface area contributed by atoms with Gasteiger partial charge in [-0.1, -0.05) is 31.9 Å². The van der Waals surface area contributed by atoms with Crippen molar-refractivity contribution in [2.75, 3.05) is 0 Å². The Morgan fingerprint density at radius 1 is 0.667 bits per heavy atom. The zero-order chi connectivity index (χ0) is 9.31. The smallest absolute Gasteiger partial charge is 0.152 e. The largest absolute Gasteiger partial charge is 0.242 e. The van der Waals surface area contributed by atoms with Crippen molar-refractivity contribution >= 4 is 31.9 Å². The summed E-state index contributed by atoms with van der Waals surface area (Å²) in [6, 6.07) is 0. The Kier molecular flexibility index (Phi) is 1.68. The van der Waals surface area contributed by atoms with Gasteiger partial charge in [-0.15, -0.1) is 0 Å². The Labute approximate surface area is 82.9 Å². The molecular weight excluding hydrogens is 308 g/mol. The molecule has 0 heterocycles. The molecule has 6 heteroatoms. The third-order valence-corrected chi connectivity index (χ3v) is 6.30. The van der Waals surface area contributed by atoms with Crippen molar-refractivity contribution < 1.29 is 17.6 Å². The number of rotatable bonds is 0. The van der Waals surface area contributed by atoms with E-state index in [0.717, 1.165) is 0 Å². The number of hydrogen-bond acceptors (Lipinski definition) is 0. The summed E-state index contributed by atoms with van der Waals surface area (Å²) < 4.78 is 47.8. The second-order valence-corrected chi connectivity index (χ2v) is 5.77. The standard InChI is InChI=1S/C6H4Br2F4/c7-5-1(9)2(10)6(5,8)4(12)3(5)11/h1-4H. The van der Waals surface area contributed by atoms with Crippen molar-refractivity contribution in [3.05, 3.63) is 0 Å². The Balaban J connectivity index is 2.33. The second kappa shape index (κ2) is 2.19. The first-order chi connectivity index (χ1) is 5.38. The first-order valence-corrected chi connectivity index (χ1v) is 4.91. The Hall–Kier alpha value is 0.680. The predicted molar refractivity (Wildman–Crippen MR) is 42.9 cm³/mol. The predicted octanol–water partition coefficient (Wildman–Crippen LogP) is 2.63. The summed E-state index contributed by atoms with van der Waals surface area (Å²) in [6.07, 6.45) is -7.89. The van der Waals surface area contributed by atoms with Gasteiger partial charge in [-0.05, 0) is 0 Å². The minimum absolute atomic E-state index is 1.70. The molecule has 0 spiro atoms. The molecule has 0 aromatic carbocycles. The number of alkyl halides is 6. The van der Waals surface area contributed by atoms with Crippen LogP contribution in [0.15, 0.2) is 0 Å². The first kappa shape index (κ1) is 9.24. The van der Waals surface area contributed by atoms with Crippen LogP contribution < -0.4 is 0 Å². The molecule has 0 bridgehead atoms. The van der Waals surface area contributed by atoms with Gasteiger partial charge in [0.1, 0.15) is 8.65 Å². The van der Waals surface area contributed by atoms with Crippen molar-refractivity contribution in [2.45, 2.75) is 33.3 Å². The Morgan fingerprint density at radius 3 is 1.00 bits per heavy atom. The van der Waals surface area contributed by atoms with Gasteiger partial charge >= 0.3 is 0 Å². The van der Waals surface area contributed by atoms with Crippen molar-refractivity contribution in [3.63, 3.8) is 0 Å². The maximum Gasteiger partial charge on any atom is 0.152 e. The summed E-state index contributed by atoms with van der Waals surface area (Å²) in [5, 5.41) is 0. The molecule has 70 valence electrons. The molecule has 0 aromatic rings. The van der Waals surface area contributed by atoms with Crippen LogP contribution in [0, 0.1) is 0 Å². The molecule has 0 amide bonds. The van der Waals surface area contributed by atoms with Crippen LogP contribution >= 0.6 is 31.9 Å². The van der Waals surface area contributed by atoms with Crippen LogP contribution in [-0.4, -0.2) is 33.3 Å². The van der Waals surface area contributed by atoms with Crippen LogP contribution in [0.1, 0.15) is 0 Å². The van der Waals surface area contributed by atoms with Crippen LogP contribution in [0.25, 0.3) is 0 Å². The van der Waals surface area contributed by atoms with Crippen LogP contribution in [0.2, 0.25) is 0 Å². The third-order valence-electron chi connectivity index (χ3n) is 2.71. The summed E-state index contributed by atoms with van der Waals surface area (Å²) in [6.45, 7) is 0. The molecular formula is C6H4Br2F4. The number of halogens is 6. The summed E-state index contributed by atoms with van der Waals surface area (Å²) in [5.41, 5.74) is 0. The molecule has 0 aromatic heterocycles. The lowest BCUT2D eigenvalue weighted by Gasteiger charge is -2.68. The van der Waals surface area contributed by atoms with E-state index in [1.165, 1.54) is 0 Å². The highest BCUT2D eigenvalue weighted by molar-refractivity contribution is 9.13. The summed E-state index contributed by atoms with van der Waals surface area (Å²) >= 11 is 5.41. The van der Waals surface area contributed by atoms with E-state index < -0.39 is 33.3 Å². The minimum atomic E-state index is -1.97. The first-order valence-electron chi connectivity index (χ1n) is 3.32. The van der Waals surface area contributed by atoms with E-state index in [4.69, 9.17) is 0 Å². The molecule has 2 fully saturated rings. The van der Waals surface area contributed by atoms with E-state index in [2.05, 4.69) is 31.9 Å². The zero-order valence-corrected chi connectivity index (χ0v) is 8.75. The van der Waals surface area contributed by atoms with E-state index in [-0.39, 0.29) is 0 Å². The average molecular weight is 312 g/mol. The molecule has 0 aliphatic heterocycles. The van der Waals surface area contributed by atoms with E-state index in [9.17, 15) is 17.6 Å². The Bertz CT molecular complexity index is 194. The van der Waals surface area contributed by atoms with E-state index in [1.807, 2.05) is 0 Å². The highest BCUT2D eigenvalue weighted by Crippen LogP contribution is 2.71. The van der Waals surface area contributed by atoms with Crippen LogP contribution in [0.5, 0.6) is 0 Å². The SMILES string of the molecule is FC1C(F)C2(Br)C(F)C(F)C12Br. The van der Waals surface area contributed by atoms with Gasteiger partial charge in [-0.25, -0.2) is 17.6 Å². The summed E-state index contributed by atoms with van der Waals surface area (Å²) in [7, 11) is 0. The number of hydrogen-bond donors (Lipinski definition) is 0. The molecule has 2 aliphatic carbocycles. The molecule has 2 rings (SSSR count). The molecule has 2 saturated carbocycles. The minimum Gasteiger partial charge on any atom is -0.242 e. The fourth-order valence-electron chi connectivity index (χ4n) is 1.81. The van der Waals surface area contributed by atoms with Crippen LogP contribution in [0.3, 0.4) is 0 Å². The van der Waals surface area contributed by atoms with Gasteiger partial charge in [0.05, 0.1) is 0 Å². The van der Waals surface area contributed by atoms with Gasteiger partial charge in [-0.2, -0.15) is 0 Å². The van der Waals surface area contributed by atoms with Gasteiger partial charge in [0.15, 0.2) is 24.7 Å². The monoisotopic (exact) mass is 310 g/mol. The molecule has 0 radical (unpaired) electrons. The zero-order valence-electron chi connectivity index (χ0n) is 5.58. The molecule has 0 N–H and O–H groups in total. The van der Waals surface area contributed by atoms with E-state index in [0.29, 0.717) is 0 Å². The average Bonchev–Trinajstić information content (AvgIpc) is 2.10. The Morgan fingerprint density at radius 2 is 0.833 bits per heavy atom. The van der Waals surface area contributed by atoms with Gasteiger partial charge < -0.3 is 0 Å².